The summed E-state index contributed by atoms with van der Waals surface area (Å²) in [6.07, 6.45) is 0. The number of ether oxygens (including phenoxy) is 1. The van der Waals surface area contributed by atoms with Crippen LogP contribution in [0.3, 0.4) is 0 Å². The van der Waals surface area contributed by atoms with Gasteiger partial charge in [-0.15, -0.1) is 11.6 Å². The second-order valence-corrected chi connectivity index (χ2v) is 5.17. The largest absolute Gasteiger partial charge is 0.383 e. The van der Waals surface area contributed by atoms with Gasteiger partial charge in [-0.3, -0.25) is 0 Å². The van der Waals surface area contributed by atoms with Gasteiger partial charge in [0.05, 0.1) is 12.5 Å². The molecule has 2 aromatic heterocycles. The Morgan fingerprint density at radius 2 is 2.10 bits per heavy atom. The van der Waals surface area contributed by atoms with Gasteiger partial charge in [-0.25, -0.2) is 9.97 Å². The molecule has 0 spiro atoms. The molecule has 0 fully saturated rings. The van der Waals surface area contributed by atoms with Crippen molar-refractivity contribution >= 4 is 22.8 Å². The number of imidazole rings is 1. The summed E-state index contributed by atoms with van der Waals surface area (Å²) >= 11 is 6.00. The first-order valence-electron chi connectivity index (χ1n) is 6.72. The number of nitrogens with zero attached hydrogens (tertiary/aromatic N) is 4. The van der Waals surface area contributed by atoms with Crippen molar-refractivity contribution in [2.24, 2.45) is 0 Å². The Bertz CT molecular complexity index is 570. The fourth-order valence-electron chi connectivity index (χ4n) is 2.11. The van der Waals surface area contributed by atoms with Crippen LogP contribution in [-0.4, -0.2) is 53.3 Å². The van der Waals surface area contributed by atoms with Crippen LogP contribution in [-0.2, 0) is 17.2 Å². The topological polar surface area (TPSA) is 43.2 Å². The molecule has 2 rings (SSSR count). The highest BCUT2D eigenvalue weighted by atomic mass is 35.5. The third kappa shape index (κ3) is 3.48. The quantitative estimate of drug-likeness (QED) is 0.734. The van der Waals surface area contributed by atoms with Crippen molar-refractivity contribution in [3.8, 4) is 0 Å². The lowest BCUT2D eigenvalue weighted by Gasteiger charge is -2.17. The molecule has 0 aromatic carbocycles. The van der Waals surface area contributed by atoms with Gasteiger partial charge >= 0.3 is 0 Å². The highest BCUT2D eigenvalue weighted by Crippen LogP contribution is 2.16. The average Bonchev–Trinajstić information content (AvgIpc) is 2.79. The van der Waals surface area contributed by atoms with Gasteiger partial charge in [-0.2, -0.15) is 0 Å². The number of likely N-dealkylation sites (N-methyl/N-ethyl adjacent to an activating group) is 1. The molecule has 0 saturated heterocycles. The van der Waals surface area contributed by atoms with Crippen LogP contribution >= 0.6 is 11.6 Å². The summed E-state index contributed by atoms with van der Waals surface area (Å²) in [5, 5.41) is 0. The summed E-state index contributed by atoms with van der Waals surface area (Å²) in [7, 11) is 3.80. The van der Waals surface area contributed by atoms with E-state index in [4.69, 9.17) is 16.3 Å². The molecule has 2 aromatic rings. The molecule has 110 valence electrons. The normalized spacial score (nSPS) is 11.7. The number of hydrogen-bond acceptors (Lipinski definition) is 4. The molecule has 0 aliphatic carbocycles. The van der Waals surface area contributed by atoms with Crippen molar-refractivity contribution < 1.29 is 4.74 Å². The molecule has 0 radical (unpaired) electrons. The third-order valence-electron chi connectivity index (χ3n) is 3.31. The molecule has 0 atom stereocenters. The molecule has 0 saturated carbocycles. The van der Waals surface area contributed by atoms with Crippen LogP contribution in [0.25, 0.3) is 11.2 Å². The van der Waals surface area contributed by atoms with Crippen LogP contribution in [0.5, 0.6) is 0 Å². The summed E-state index contributed by atoms with van der Waals surface area (Å²) in [6.45, 7) is 5.37. The standard InChI is InChI=1S/C14H21ClN4O/c1-11-4-5-12-14(16-11)19(13(10-15)17-12)7-6-18(2)8-9-20-3/h4-5H,6-10H2,1-3H3. The number of methoxy groups -OCH3 is 1. The first kappa shape index (κ1) is 15.2. The lowest BCUT2D eigenvalue weighted by Crippen LogP contribution is -2.27. The smallest absolute Gasteiger partial charge is 0.160 e. The Morgan fingerprint density at radius 3 is 2.80 bits per heavy atom. The van der Waals surface area contributed by atoms with Crippen LogP contribution < -0.4 is 0 Å². The molecule has 2 heterocycles. The van der Waals surface area contributed by atoms with E-state index in [1.165, 1.54) is 0 Å². The van der Waals surface area contributed by atoms with E-state index in [0.717, 1.165) is 48.9 Å². The second kappa shape index (κ2) is 7.02. The number of alkyl halides is 1. The number of halogens is 1. The Labute approximate surface area is 124 Å². The van der Waals surface area contributed by atoms with Gasteiger partial charge in [-0.05, 0) is 26.1 Å². The van der Waals surface area contributed by atoms with Crippen molar-refractivity contribution in [2.45, 2.75) is 19.3 Å². The molecule has 6 heteroatoms. The number of aromatic nitrogens is 3. The summed E-state index contributed by atoms with van der Waals surface area (Å²) < 4.78 is 7.20. The van der Waals surface area contributed by atoms with E-state index < -0.39 is 0 Å². The zero-order valence-electron chi connectivity index (χ0n) is 12.3. The van der Waals surface area contributed by atoms with Crippen LogP contribution in [0.4, 0.5) is 0 Å². The maximum Gasteiger partial charge on any atom is 0.160 e. The summed E-state index contributed by atoms with van der Waals surface area (Å²) in [5.41, 5.74) is 2.82. The van der Waals surface area contributed by atoms with Crippen molar-refractivity contribution in [1.82, 2.24) is 19.4 Å². The maximum absolute atomic E-state index is 6.00. The molecule has 0 amide bonds. The predicted octanol–water partition coefficient (Wildman–Crippen LogP) is 2.06. The molecule has 0 aliphatic rings. The van der Waals surface area contributed by atoms with Crippen LogP contribution in [0.15, 0.2) is 12.1 Å². The third-order valence-corrected chi connectivity index (χ3v) is 3.55. The van der Waals surface area contributed by atoms with E-state index in [-0.39, 0.29) is 0 Å². The van der Waals surface area contributed by atoms with E-state index in [1.807, 2.05) is 19.1 Å². The number of rotatable bonds is 7. The van der Waals surface area contributed by atoms with Crippen molar-refractivity contribution in [3.63, 3.8) is 0 Å². The van der Waals surface area contributed by atoms with Gasteiger partial charge in [0.2, 0.25) is 0 Å². The lowest BCUT2D eigenvalue weighted by molar-refractivity contribution is 0.159. The van der Waals surface area contributed by atoms with E-state index in [0.29, 0.717) is 5.88 Å². The highest BCUT2D eigenvalue weighted by Gasteiger charge is 2.11. The first-order chi connectivity index (χ1) is 9.65. The van der Waals surface area contributed by atoms with Gasteiger partial charge < -0.3 is 14.2 Å². The predicted molar refractivity (Wildman–Crippen MR) is 81.2 cm³/mol. The molecule has 5 nitrogen and oxygen atoms in total. The summed E-state index contributed by atoms with van der Waals surface area (Å²) in [4.78, 5) is 11.3. The summed E-state index contributed by atoms with van der Waals surface area (Å²) in [6, 6.07) is 3.97. The van der Waals surface area contributed by atoms with Gasteiger partial charge in [0.25, 0.3) is 0 Å². The highest BCUT2D eigenvalue weighted by molar-refractivity contribution is 6.16. The Hall–Kier alpha value is -1.17. The molecule has 20 heavy (non-hydrogen) atoms. The van der Waals surface area contributed by atoms with Gasteiger partial charge in [-0.1, -0.05) is 0 Å². The van der Waals surface area contributed by atoms with E-state index in [2.05, 4.69) is 26.5 Å². The number of pyridine rings is 1. The first-order valence-corrected chi connectivity index (χ1v) is 7.25. The van der Waals surface area contributed by atoms with Crippen molar-refractivity contribution in [1.29, 1.82) is 0 Å². The number of fused-ring (bicyclic) bond motifs is 1. The van der Waals surface area contributed by atoms with E-state index in [1.54, 1.807) is 7.11 Å². The van der Waals surface area contributed by atoms with E-state index in [9.17, 15) is 0 Å². The number of hydrogen-bond donors (Lipinski definition) is 0. The van der Waals surface area contributed by atoms with Crippen LogP contribution in [0.1, 0.15) is 11.5 Å². The lowest BCUT2D eigenvalue weighted by atomic mass is 10.3. The fourth-order valence-corrected chi connectivity index (χ4v) is 2.31. The molecular weight excluding hydrogens is 276 g/mol. The zero-order chi connectivity index (χ0) is 14.5. The Morgan fingerprint density at radius 1 is 1.30 bits per heavy atom. The average molecular weight is 297 g/mol. The van der Waals surface area contributed by atoms with Crippen LogP contribution in [0, 0.1) is 6.92 Å². The molecule has 0 bridgehead atoms. The minimum atomic E-state index is 0.400. The second-order valence-electron chi connectivity index (χ2n) is 4.90. The molecule has 0 N–H and O–H groups in total. The van der Waals surface area contributed by atoms with Crippen LogP contribution in [0.2, 0.25) is 0 Å². The molecular formula is C14H21ClN4O. The fraction of sp³-hybridized carbons (Fsp3) is 0.571. The minimum Gasteiger partial charge on any atom is -0.383 e. The van der Waals surface area contributed by atoms with Gasteiger partial charge in [0, 0.05) is 32.4 Å². The van der Waals surface area contributed by atoms with Crippen molar-refractivity contribution in [2.75, 3.05) is 33.9 Å². The van der Waals surface area contributed by atoms with Crippen molar-refractivity contribution in [3.05, 3.63) is 23.7 Å². The number of aryl methyl sites for hydroxylation is 1. The monoisotopic (exact) mass is 296 g/mol. The summed E-state index contributed by atoms with van der Waals surface area (Å²) in [5.74, 6) is 1.27. The molecule has 0 unspecified atom stereocenters. The maximum atomic E-state index is 6.00. The Balaban J connectivity index is 2.17. The molecule has 0 aliphatic heterocycles. The SMILES string of the molecule is COCCN(C)CCn1c(CCl)nc2ccc(C)nc21. The van der Waals surface area contributed by atoms with Gasteiger partial charge in [0.1, 0.15) is 11.3 Å². The zero-order valence-corrected chi connectivity index (χ0v) is 13.0. The van der Waals surface area contributed by atoms with E-state index >= 15 is 0 Å². The van der Waals surface area contributed by atoms with Gasteiger partial charge in [0.15, 0.2) is 5.65 Å². The minimum absolute atomic E-state index is 0.400. The Kier molecular flexibility index (Phi) is 5.34.